The molecular formula is C14H22N4O2. The van der Waals surface area contributed by atoms with Crippen LogP contribution in [0.2, 0.25) is 0 Å². The number of nitro groups is 1. The predicted octanol–water partition coefficient (Wildman–Crippen LogP) is 2.50. The fourth-order valence-electron chi connectivity index (χ4n) is 2.87. The van der Waals surface area contributed by atoms with Crippen LogP contribution in [0.5, 0.6) is 0 Å². The van der Waals surface area contributed by atoms with Crippen LogP contribution >= 0.6 is 0 Å². The Morgan fingerprint density at radius 2 is 2.25 bits per heavy atom. The van der Waals surface area contributed by atoms with Crippen LogP contribution in [0.25, 0.3) is 0 Å². The minimum atomic E-state index is -0.370. The normalized spacial score (nSPS) is 23.6. The van der Waals surface area contributed by atoms with Gasteiger partial charge in [0.05, 0.1) is 10.6 Å². The van der Waals surface area contributed by atoms with Crippen molar-refractivity contribution in [2.45, 2.75) is 39.3 Å². The molecular weight excluding hydrogens is 256 g/mol. The minimum Gasteiger partial charge on any atom is -0.324 e. The van der Waals surface area contributed by atoms with E-state index in [1.165, 1.54) is 18.9 Å². The number of hydrazine groups is 1. The lowest BCUT2D eigenvalue weighted by molar-refractivity contribution is -0.384. The number of nitrogens with zero attached hydrogens (tertiary/aromatic N) is 2. The van der Waals surface area contributed by atoms with Crippen molar-refractivity contribution in [3.63, 3.8) is 0 Å². The molecule has 2 unspecified atom stereocenters. The highest BCUT2D eigenvalue weighted by Gasteiger charge is 2.24. The molecule has 20 heavy (non-hydrogen) atoms. The molecule has 1 saturated heterocycles. The molecule has 0 aliphatic carbocycles. The van der Waals surface area contributed by atoms with Crippen LogP contribution in [0.1, 0.15) is 32.3 Å². The van der Waals surface area contributed by atoms with Crippen LogP contribution < -0.4 is 11.3 Å². The zero-order valence-electron chi connectivity index (χ0n) is 12.0. The summed E-state index contributed by atoms with van der Waals surface area (Å²) in [6, 6.07) is 5.24. The number of anilines is 1. The molecule has 0 aromatic heterocycles. The lowest BCUT2D eigenvalue weighted by atomic mass is 9.93. The lowest BCUT2D eigenvalue weighted by Crippen LogP contribution is -2.39. The summed E-state index contributed by atoms with van der Waals surface area (Å²) in [5.41, 5.74) is 4.36. The Morgan fingerprint density at radius 3 is 2.85 bits per heavy atom. The Labute approximate surface area is 119 Å². The van der Waals surface area contributed by atoms with Crippen molar-refractivity contribution >= 4 is 11.4 Å². The molecule has 6 nitrogen and oxygen atoms in total. The molecule has 2 rings (SSSR count). The van der Waals surface area contributed by atoms with E-state index in [1.54, 1.807) is 12.1 Å². The van der Waals surface area contributed by atoms with Gasteiger partial charge in [0.15, 0.2) is 0 Å². The first-order valence-electron chi connectivity index (χ1n) is 6.99. The highest BCUT2D eigenvalue weighted by atomic mass is 16.6. The van der Waals surface area contributed by atoms with Crippen molar-refractivity contribution in [2.24, 2.45) is 11.8 Å². The Balaban J connectivity index is 2.18. The Hall–Kier alpha value is -1.66. The number of benzene rings is 1. The topological polar surface area (TPSA) is 84.4 Å². The maximum Gasteiger partial charge on any atom is 0.269 e. The summed E-state index contributed by atoms with van der Waals surface area (Å²) in [6.07, 6.45) is 2.34. The third kappa shape index (κ3) is 3.26. The molecule has 0 bridgehead atoms. The van der Waals surface area contributed by atoms with Gasteiger partial charge >= 0.3 is 0 Å². The molecule has 0 spiro atoms. The quantitative estimate of drug-likeness (QED) is 0.502. The summed E-state index contributed by atoms with van der Waals surface area (Å²) in [4.78, 5) is 12.9. The van der Waals surface area contributed by atoms with Crippen LogP contribution in [-0.2, 0) is 6.54 Å². The van der Waals surface area contributed by atoms with Gasteiger partial charge in [0, 0.05) is 24.7 Å². The monoisotopic (exact) mass is 278 g/mol. The molecule has 1 aromatic rings. The van der Waals surface area contributed by atoms with Gasteiger partial charge in [-0.15, -0.1) is 0 Å². The van der Waals surface area contributed by atoms with E-state index in [9.17, 15) is 10.1 Å². The zero-order chi connectivity index (χ0) is 14.7. The molecule has 0 radical (unpaired) electrons. The number of likely N-dealkylation sites (tertiary alicyclic amines) is 1. The van der Waals surface area contributed by atoms with Gasteiger partial charge in [0.1, 0.15) is 0 Å². The first-order valence-corrected chi connectivity index (χ1v) is 6.99. The zero-order valence-corrected chi connectivity index (χ0v) is 12.0. The third-order valence-electron chi connectivity index (χ3n) is 4.10. The molecule has 0 saturated carbocycles. The molecule has 3 N–H and O–H groups in total. The second-order valence-electron chi connectivity index (χ2n) is 5.69. The van der Waals surface area contributed by atoms with Gasteiger partial charge in [0.25, 0.3) is 5.69 Å². The van der Waals surface area contributed by atoms with Gasteiger partial charge in [-0.3, -0.25) is 20.9 Å². The first-order chi connectivity index (χ1) is 9.51. The van der Waals surface area contributed by atoms with Crippen molar-refractivity contribution in [3.8, 4) is 0 Å². The number of piperidine rings is 1. The fourth-order valence-corrected chi connectivity index (χ4v) is 2.87. The van der Waals surface area contributed by atoms with E-state index in [0.717, 1.165) is 23.7 Å². The molecule has 1 aliphatic heterocycles. The van der Waals surface area contributed by atoms with E-state index >= 15 is 0 Å². The summed E-state index contributed by atoms with van der Waals surface area (Å²) in [5, 5.41) is 10.9. The standard InChI is InChI=1S/C14H22N4O2/c1-10-5-6-17(11(2)7-10)9-12-8-13(18(19)20)3-4-14(12)16-15/h3-4,8,10-11,16H,5-7,9,15H2,1-2H3. The molecule has 110 valence electrons. The molecule has 0 amide bonds. The Kier molecular flexibility index (Phi) is 4.57. The van der Waals surface area contributed by atoms with Crippen LogP contribution in [-0.4, -0.2) is 22.4 Å². The lowest BCUT2D eigenvalue weighted by Gasteiger charge is -2.36. The van der Waals surface area contributed by atoms with Gasteiger partial charge in [-0.25, -0.2) is 0 Å². The van der Waals surface area contributed by atoms with E-state index < -0.39 is 0 Å². The number of nitrogens with two attached hydrogens (primary N) is 1. The minimum absolute atomic E-state index is 0.108. The highest BCUT2D eigenvalue weighted by Crippen LogP contribution is 2.27. The summed E-state index contributed by atoms with van der Waals surface area (Å²) in [7, 11) is 0. The number of nitro benzene ring substituents is 1. The van der Waals surface area contributed by atoms with E-state index in [2.05, 4.69) is 24.2 Å². The van der Waals surface area contributed by atoms with Crippen molar-refractivity contribution in [1.29, 1.82) is 0 Å². The highest BCUT2D eigenvalue weighted by molar-refractivity contribution is 5.55. The second-order valence-corrected chi connectivity index (χ2v) is 5.69. The average Bonchev–Trinajstić information content (AvgIpc) is 2.41. The molecule has 6 heteroatoms. The summed E-state index contributed by atoms with van der Waals surface area (Å²) in [5.74, 6) is 6.25. The maximum absolute atomic E-state index is 10.9. The van der Waals surface area contributed by atoms with Gasteiger partial charge < -0.3 is 5.43 Å². The smallest absolute Gasteiger partial charge is 0.269 e. The van der Waals surface area contributed by atoms with E-state index in [0.29, 0.717) is 12.6 Å². The largest absolute Gasteiger partial charge is 0.324 e. The van der Waals surface area contributed by atoms with Crippen molar-refractivity contribution in [1.82, 2.24) is 4.90 Å². The number of hydrogen-bond acceptors (Lipinski definition) is 5. The van der Waals surface area contributed by atoms with Crippen molar-refractivity contribution in [3.05, 3.63) is 33.9 Å². The van der Waals surface area contributed by atoms with Crippen LogP contribution in [0.3, 0.4) is 0 Å². The fraction of sp³-hybridized carbons (Fsp3) is 0.571. The van der Waals surface area contributed by atoms with Gasteiger partial charge in [-0.2, -0.15) is 0 Å². The van der Waals surface area contributed by atoms with E-state index in [4.69, 9.17) is 5.84 Å². The summed E-state index contributed by atoms with van der Waals surface area (Å²) in [6.45, 7) is 6.20. The number of nitrogen functional groups attached to an aromatic ring is 1. The number of nitrogens with one attached hydrogen (secondary N) is 1. The number of non-ortho nitro benzene ring substituents is 1. The van der Waals surface area contributed by atoms with Gasteiger partial charge in [0.2, 0.25) is 0 Å². The Morgan fingerprint density at radius 1 is 1.50 bits per heavy atom. The SMILES string of the molecule is CC1CCN(Cc2cc([N+](=O)[O-])ccc2NN)C(C)C1. The molecule has 1 aliphatic rings. The van der Waals surface area contributed by atoms with Crippen molar-refractivity contribution < 1.29 is 4.92 Å². The first kappa shape index (κ1) is 14.7. The third-order valence-corrected chi connectivity index (χ3v) is 4.10. The number of rotatable bonds is 4. The predicted molar refractivity (Wildman–Crippen MR) is 79.2 cm³/mol. The average molecular weight is 278 g/mol. The second kappa shape index (κ2) is 6.19. The molecule has 1 aromatic carbocycles. The van der Waals surface area contributed by atoms with E-state index in [-0.39, 0.29) is 10.6 Å². The van der Waals surface area contributed by atoms with Gasteiger partial charge in [-0.05, 0) is 43.9 Å². The van der Waals surface area contributed by atoms with E-state index in [1.807, 2.05) is 0 Å². The van der Waals surface area contributed by atoms with Crippen molar-refractivity contribution in [2.75, 3.05) is 12.0 Å². The summed E-state index contributed by atoms with van der Waals surface area (Å²) >= 11 is 0. The van der Waals surface area contributed by atoms with Crippen LogP contribution in [0, 0.1) is 16.0 Å². The number of hydrogen-bond donors (Lipinski definition) is 2. The maximum atomic E-state index is 10.9. The summed E-state index contributed by atoms with van der Waals surface area (Å²) < 4.78 is 0. The van der Waals surface area contributed by atoms with Gasteiger partial charge in [-0.1, -0.05) is 6.92 Å². The van der Waals surface area contributed by atoms with Crippen LogP contribution in [0.4, 0.5) is 11.4 Å². The van der Waals surface area contributed by atoms with Crippen LogP contribution in [0.15, 0.2) is 18.2 Å². The molecule has 1 fully saturated rings. The molecule has 1 heterocycles. The Bertz CT molecular complexity index is 492. The molecule has 2 atom stereocenters.